The van der Waals surface area contributed by atoms with Gasteiger partial charge in [0.25, 0.3) is 5.91 Å². The van der Waals surface area contributed by atoms with E-state index < -0.39 is 23.9 Å². The number of halogens is 1. The first-order valence-electron chi connectivity index (χ1n) is 10.0. The molecule has 0 spiro atoms. The molecule has 3 rings (SSSR count). The quantitative estimate of drug-likeness (QED) is 0.684. The number of nitrogens with one attached hydrogen (secondary N) is 1. The zero-order valence-electron chi connectivity index (χ0n) is 17.5. The van der Waals surface area contributed by atoms with Gasteiger partial charge in [0.05, 0.1) is 18.1 Å². The second-order valence-corrected chi connectivity index (χ2v) is 7.78. The molecule has 31 heavy (non-hydrogen) atoms. The number of ether oxygens (including phenoxy) is 2. The van der Waals surface area contributed by atoms with Gasteiger partial charge in [-0.3, -0.25) is 14.4 Å². The Kier molecular flexibility index (Phi) is 7.52. The number of nitrogens with zero attached hydrogens (tertiary/aromatic N) is 1. The summed E-state index contributed by atoms with van der Waals surface area (Å²) in [7, 11) is 1.50. The molecule has 7 nitrogen and oxygen atoms in total. The van der Waals surface area contributed by atoms with Gasteiger partial charge in [-0.05, 0) is 31.0 Å². The Bertz CT molecular complexity index is 950. The van der Waals surface area contributed by atoms with Crippen molar-refractivity contribution in [1.82, 2.24) is 4.90 Å². The van der Waals surface area contributed by atoms with Crippen LogP contribution in [-0.2, 0) is 19.1 Å². The number of carbonyl (C=O) groups is 3. The topological polar surface area (TPSA) is 84.9 Å². The molecule has 2 atom stereocenters. The number of piperidine rings is 1. The van der Waals surface area contributed by atoms with Crippen molar-refractivity contribution in [3.8, 4) is 5.75 Å². The predicted molar refractivity (Wildman–Crippen MR) is 117 cm³/mol. The molecule has 1 saturated heterocycles. The van der Waals surface area contributed by atoms with Crippen LogP contribution in [0.3, 0.4) is 0 Å². The minimum atomic E-state index is -1.14. The van der Waals surface area contributed by atoms with Gasteiger partial charge in [0.1, 0.15) is 5.75 Å². The summed E-state index contributed by atoms with van der Waals surface area (Å²) >= 11 is 6.14. The number of carbonyl (C=O) groups excluding carboxylic acids is 3. The van der Waals surface area contributed by atoms with Gasteiger partial charge in [-0.15, -0.1) is 0 Å². The van der Waals surface area contributed by atoms with Crippen LogP contribution in [0, 0.1) is 5.92 Å². The summed E-state index contributed by atoms with van der Waals surface area (Å²) in [6, 6.07) is 13.7. The maximum atomic E-state index is 13.0. The first-order valence-corrected chi connectivity index (χ1v) is 10.4. The van der Waals surface area contributed by atoms with Crippen LogP contribution < -0.4 is 10.1 Å². The number of amides is 2. The Morgan fingerprint density at radius 1 is 1.16 bits per heavy atom. The lowest BCUT2D eigenvalue weighted by Crippen LogP contribution is -2.42. The SMILES string of the molecule is COc1ccc(NC(=O)C(OC(=O)C2CCCN(C(C)=O)C2)c2ccccc2)cc1Cl. The smallest absolute Gasteiger partial charge is 0.311 e. The number of rotatable bonds is 6. The van der Waals surface area contributed by atoms with Gasteiger partial charge in [-0.25, -0.2) is 0 Å². The summed E-state index contributed by atoms with van der Waals surface area (Å²) in [5.74, 6) is -1.06. The normalized spacial score (nSPS) is 16.9. The minimum absolute atomic E-state index is 0.0776. The highest BCUT2D eigenvalue weighted by atomic mass is 35.5. The monoisotopic (exact) mass is 444 g/mol. The zero-order chi connectivity index (χ0) is 22.4. The minimum Gasteiger partial charge on any atom is -0.495 e. The fraction of sp³-hybridized carbons (Fsp3) is 0.348. The number of methoxy groups -OCH3 is 1. The predicted octanol–water partition coefficient (Wildman–Crippen LogP) is 3.83. The van der Waals surface area contributed by atoms with E-state index in [1.165, 1.54) is 14.0 Å². The first kappa shape index (κ1) is 22.6. The van der Waals surface area contributed by atoms with Crippen LogP contribution >= 0.6 is 11.6 Å². The highest BCUT2D eigenvalue weighted by Crippen LogP contribution is 2.29. The van der Waals surface area contributed by atoms with Crippen molar-refractivity contribution in [3.05, 3.63) is 59.1 Å². The lowest BCUT2D eigenvalue weighted by Gasteiger charge is -2.31. The molecule has 0 saturated carbocycles. The Hall–Kier alpha value is -3.06. The van der Waals surface area contributed by atoms with E-state index in [2.05, 4.69) is 5.32 Å². The van der Waals surface area contributed by atoms with E-state index in [1.54, 1.807) is 47.4 Å². The molecule has 8 heteroatoms. The molecule has 1 fully saturated rings. The molecule has 2 amide bonds. The van der Waals surface area contributed by atoms with Gasteiger partial charge in [0.2, 0.25) is 12.0 Å². The van der Waals surface area contributed by atoms with Crippen molar-refractivity contribution in [1.29, 1.82) is 0 Å². The third kappa shape index (κ3) is 5.76. The number of likely N-dealkylation sites (tertiary alicyclic amines) is 1. The Morgan fingerprint density at radius 3 is 2.55 bits per heavy atom. The Labute approximate surface area is 186 Å². The Morgan fingerprint density at radius 2 is 1.90 bits per heavy atom. The van der Waals surface area contributed by atoms with Crippen LogP contribution in [0.15, 0.2) is 48.5 Å². The molecular formula is C23H25ClN2O5. The molecule has 0 bridgehead atoms. The summed E-state index contributed by atoms with van der Waals surface area (Å²) in [5.41, 5.74) is 1.00. The standard InChI is InChI=1S/C23H25ClN2O5/c1-15(27)26-12-6-9-17(14-26)23(29)31-21(16-7-4-3-5-8-16)22(28)25-18-10-11-20(30-2)19(24)13-18/h3-5,7-8,10-11,13,17,21H,6,9,12,14H2,1-2H3,(H,25,28). The molecule has 0 radical (unpaired) electrons. The van der Waals surface area contributed by atoms with Crippen molar-refractivity contribution in [3.63, 3.8) is 0 Å². The molecule has 1 aliphatic heterocycles. The van der Waals surface area contributed by atoms with Gasteiger partial charge in [-0.1, -0.05) is 41.9 Å². The number of hydrogen-bond acceptors (Lipinski definition) is 5. The molecule has 1 N–H and O–H groups in total. The van der Waals surface area contributed by atoms with Crippen molar-refractivity contribution in [2.45, 2.75) is 25.9 Å². The molecule has 2 aromatic rings. The van der Waals surface area contributed by atoms with E-state index in [-0.39, 0.29) is 5.91 Å². The number of hydrogen-bond donors (Lipinski definition) is 1. The van der Waals surface area contributed by atoms with E-state index in [4.69, 9.17) is 21.1 Å². The highest BCUT2D eigenvalue weighted by molar-refractivity contribution is 6.32. The van der Waals surface area contributed by atoms with Crippen LogP contribution in [0.1, 0.15) is 31.4 Å². The summed E-state index contributed by atoms with van der Waals surface area (Å²) in [5, 5.41) is 3.09. The summed E-state index contributed by atoms with van der Waals surface area (Å²) in [6.45, 7) is 2.40. The van der Waals surface area contributed by atoms with Crippen molar-refractivity contribution in [2.24, 2.45) is 5.92 Å². The zero-order valence-corrected chi connectivity index (χ0v) is 18.2. The maximum Gasteiger partial charge on any atom is 0.311 e. The van der Waals surface area contributed by atoms with Gasteiger partial charge < -0.3 is 19.7 Å². The molecular weight excluding hydrogens is 420 g/mol. The summed E-state index contributed by atoms with van der Waals surface area (Å²) in [4.78, 5) is 39.2. The number of benzene rings is 2. The summed E-state index contributed by atoms with van der Waals surface area (Å²) < 4.78 is 10.8. The molecule has 164 valence electrons. The van der Waals surface area contributed by atoms with Crippen molar-refractivity contribution < 1.29 is 23.9 Å². The fourth-order valence-electron chi connectivity index (χ4n) is 3.52. The first-order chi connectivity index (χ1) is 14.9. The average molecular weight is 445 g/mol. The molecule has 1 heterocycles. The van der Waals surface area contributed by atoms with Gasteiger partial charge in [0, 0.05) is 31.3 Å². The van der Waals surface area contributed by atoms with Crippen LogP contribution in [0.4, 0.5) is 5.69 Å². The van der Waals surface area contributed by atoms with E-state index in [1.807, 2.05) is 6.07 Å². The van der Waals surface area contributed by atoms with Crippen LogP contribution in [-0.4, -0.2) is 42.9 Å². The fourth-order valence-corrected chi connectivity index (χ4v) is 3.78. The van der Waals surface area contributed by atoms with Crippen LogP contribution in [0.25, 0.3) is 0 Å². The van der Waals surface area contributed by atoms with E-state index in [9.17, 15) is 14.4 Å². The van der Waals surface area contributed by atoms with Crippen LogP contribution in [0.2, 0.25) is 5.02 Å². The van der Waals surface area contributed by atoms with Gasteiger partial charge in [-0.2, -0.15) is 0 Å². The van der Waals surface area contributed by atoms with E-state index >= 15 is 0 Å². The molecule has 2 aromatic carbocycles. The second kappa shape index (κ2) is 10.3. The molecule has 2 unspecified atom stereocenters. The van der Waals surface area contributed by atoms with Gasteiger partial charge in [0.15, 0.2) is 0 Å². The lowest BCUT2D eigenvalue weighted by molar-refractivity contribution is -0.161. The molecule has 0 aliphatic carbocycles. The van der Waals surface area contributed by atoms with E-state index in [0.29, 0.717) is 48.0 Å². The largest absolute Gasteiger partial charge is 0.495 e. The number of esters is 1. The average Bonchev–Trinajstić information content (AvgIpc) is 2.78. The highest BCUT2D eigenvalue weighted by Gasteiger charge is 2.32. The van der Waals surface area contributed by atoms with Crippen molar-refractivity contribution >= 4 is 35.1 Å². The molecule has 1 aliphatic rings. The third-order valence-electron chi connectivity index (χ3n) is 5.19. The maximum absolute atomic E-state index is 13.0. The third-order valence-corrected chi connectivity index (χ3v) is 5.49. The second-order valence-electron chi connectivity index (χ2n) is 7.37. The van der Waals surface area contributed by atoms with Crippen LogP contribution in [0.5, 0.6) is 5.75 Å². The number of anilines is 1. The van der Waals surface area contributed by atoms with Crippen molar-refractivity contribution in [2.75, 3.05) is 25.5 Å². The Balaban J connectivity index is 1.77. The van der Waals surface area contributed by atoms with E-state index in [0.717, 1.165) is 0 Å². The molecule has 0 aromatic heterocycles. The lowest BCUT2D eigenvalue weighted by atomic mass is 9.98. The summed E-state index contributed by atoms with van der Waals surface area (Å²) in [6.07, 6.45) is 0.188. The van der Waals surface area contributed by atoms with Gasteiger partial charge >= 0.3 is 5.97 Å².